The van der Waals surface area contributed by atoms with E-state index in [1.165, 1.54) is 5.56 Å². The van der Waals surface area contributed by atoms with E-state index in [1.807, 2.05) is 53.9 Å². The van der Waals surface area contributed by atoms with Crippen molar-refractivity contribution in [2.45, 2.75) is 13.0 Å². The highest BCUT2D eigenvalue weighted by atomic mass is 35.5. The van der Waals surface area contributed by atoms with Crippen LogP contribution in [0.3, 0.4) is 0 Å². The van der Waals surface area contributed by atoms with E-state index in [-0.39, 0.29) is 6.04 Å². The van der Waals surface area contributed by atoms with E-state index >= 15 is 0 Å². The normalized spacial score (nSPS) is 12.2. The van der Waals surface area contributed by atoms with Gasteiger partial charge in [0.2, 0.25) is 0 Å². The zero-order valence-electron chi connectivity index (χ0n) is 13.6. The number of hydrogen-bond acceptors (Lipinski definition) is 4. The minimum Gasteiger partial charge on any atom is -0.363 e. The molecule has 0 unspecified atom stereocenters. The molecule has 0 aliphatic carbocycles. The van der Waals surface area contributed by atoms with Crippen molar-refractivity contribution in [1.29, 1.82) is 0 Å². The van der Waals surface area contributed by atoms with Gasteiger partial charge in [0.1, 0.15) is 5.82 Å². The largest absolute Gasteiger partial charge is 0.363 e. The van der Waals surface area contributed by atoms with Crippen LogP contribution in [-0.2, 0) is 0 Å². The number of benzene rings is 2. The van der Waals surface area contributed by atoms with Crippen molar-refractivity contribution in [2.75, 3.05) is 5.32 Å². The minimum absolute atomic E-state index is 0.131. The second-order valence-electron chi connectivity index (χ2n) is 5.81. The lowest BCUT2D eigenvalue weighted by Crippen LogP contribution is -2.09. The number of thiophene rings is 1. The number of aromatic nitrogens is 2. The fraction of sp³-hybridized carbons (Fsp3) is 0.100. The highest BCUT2D eigenvalue weighted by Crippen LogP contribution is 2.30. The molecule has 4 rings (SSSR count). The third kappa shape index (κ3) is 3.36. The highest BCUT2D eigenvalue weighted by molar-refractivity contribution is 7.13. The van der Waals surface area contributed by atoms with Crippen molar-refractivity contribution in [3.63, 3.8) is 0 Å². The summed E-state index contributed by atoms with van der Waals surface area (Å²) in [4.78, 5) is 10.5. The minimum atomic E-state index is 0.131. The Morgan fingerprint density at radius 1 is 1.00 bits per heavy atom. The molecule has 1 N–H and O–H groups in total. The van der Waals surface area contributed by atoms with Crippen LogP contribution in [0.1, 0.15) is 18.5 Å². The molecule has 0 radical (unpaired) electrons. The Balaban J connectivity index is 1.81. The third-order valence-electron chi connectivity index (χ3n) is 4.05. The van der Waals surface area contributed by atoms with E-state index in [1.54, 1.807) is 11.3 Å². The lowest BCUT2D eigenvalue weighted by atomic mass is 10.1. The molecule has 0 saturated carbocycles. The number of anilines is 1. The summed E-state index contributed by atoms with van der Waals surface area (Å²) in [5.74, 6) is 1.54. The molecule has 2 heterocycles. The van der Waals surface area contributed by atoms with Crippen LogP contribution in [0.15, 0.2) is 66.0 Å². The van der Waals surface area contributed by atoms with Gasteiger partial charge in [0.25, 0.3) is 0 Å². The maximum atomic E-state index is 6.17. The number of rotatable bonds is 4. The summed E-state index contributed by atoms with van der Waals surface area (Å²) in [5.41, 5.74) is 2.05. The molecule has 0 saturated heterocycles. The molecular weight excluding hydrogens is 350 g/mol. The van der Waals surface area contributed by atoms with E-state index in [9.17, 15) is 0 Å². The van der Waals surface area contributed by atoms with Crippen LogP contribution < -0.4 is 5.32 Å². The second kappa shape index (κ2) is 6.82. The molecule has 0 aliphatic heterocycles. The van der Waals surface area contributed by atoms with E-state index in [0.29, 0.717) is 10.8 Å². The van der Waals surface area contributed by atoms with Crippen LogP contribution in [-0.4, -0.2) is 9.97 Å². The van der Waals surface area contributed by atoms with Crippen molar-refractivity contribution in [3.8, 4) is 10.7 Å². The molecular formula is C20H16ClN3S. The standard InChI is InChI=1S/C20H16ClN3S/c1-13(14-6-3-2-4-7-14)22-19-16-10-9-15(21)12-17(16)23-20(24-19)18-8-5-11-25-18/h2-13H,1H3,(H,22,23,24)/t13-/m0/s1. The summed E-state index contributed by atoms with van der Waals surface area (Å²) in [5, 5.41) is 7.20. The summed E-state index contributed by atoms with van der Waals surface area (Å²) < 4.78 is 0. The van der Waals surface area contributed by atoms with Gasteiger partial charge in [-0.15, -0.1) is 11.3 Å². The Bertz CT molecular complexity index is 1000. The second-order valence-corrected chi connectivity index (χ2v) is 7.20. The van der Waals surface area contributed by atoms with Gasteiger partial charge in [0.05, 0.1) is 10.4 Å². The Morgan fingerprint density at radius 3 is 2.60 bits per heavy atom. The average Bonchev–Trinajstić information content (AvgIpc) is 3.16. The van der Waals surface area contributed by atoms with E-state index in [4.69, 9.17) is 21.6 Å². The number of nitrogens with one attached hydrogen (secondary N) is 1. The number of hydrogen-bond donors (Lipinski definition) is 1. The predicted molar refractivity (Wildman–Crippen MR) is 106 cm³/mol. The van der Waals surface area contributed by atoms with Crippen LogP contribution in [0.25, 0.3) is 21.6 Å². The fourth-order valence-electron chi connectivity index (χ4n) is 2.76. The van der Waals surface area contributed by atoms with Gasteiger partial charge in [0.15, 0.2) is 5.82 Å². The van der Waals surface area contributed by atoms with Gasteiger partial charge in [-0.25, -0.2) is 9.97 Å². The van der Waals surface area contributed by atoms with Crippen molar-refractivity contribution in [1.82, 2.24) is 9.97 Å². The lowest BCUT2D eigenvalue weighted by Gasteiger charge is -2.17. The highest BCUT2D eigenvalue weighted by Gasteiger charge is 2.13. The molecule has 0 spiro atoms. The molecule has 0 aliphatic rings. The van der Waals surface area contributed by atoms with E-state index < -0.39 is 0 Å². The zero-order chi connectivity index (χ0) is 17.2. The molecule has 2 aromatic heterocycles. The van der Waals surface area contributed by atoms with Crippen LogP contribution in [0.2, 0.25) is 5.02 Å². The van der Waals surface area contributed by atoms with Gasteiger partial charge in [-0.3, -0.25) is 0 Å². The smallest absolute Gasteiger partial charge is 0.172 e. The Morgan fingerprint density at radius 2 is 1.84 bits per heavy atom. The molecule has 124 valence electrons. The van der Waals surface area contributed by atoms with Gasteiger partial charge in [0, 0.05) is 16.5 Å². The van der Waals surface area contributed by atoms with Gasteiger partial charge < -0.3 is 5.32 Å². The first-order valence-corrected chi connectivity index (χ1v) is 9.29. The van der Waals surface area contributed by atoms with Crippen molar-refractivity contribution < 1.29 is 0 Å². The fourth-order valence-corrected chi connectivity index (χ4v) is 3.58. The summed E-state index contributed by atoms with van der Waals surface area (Å²) in [6, 6.07) is 20.2. The summed E-state index contributed by atoms with van der Waals surface area (Å²) in [7, 11) is 0. The maximum absolute atomic E-state index is 6.17. The first-order valence-electron chi connectivity index (χ1n) is 8.03. The maximum Gasteiger partial charge on any atom is 0.172 e. The Kier molecular flexibility index (Phi) is 4.38. The molecule has 0 amide bonds. The molecule has 0 fully saturated rings. The monoisotopic (exact) mass is 365 g/mol. The van der Waals surface area contributed by atoms with Gasteiger partial charge in [-0.1, -0.05) is 48.0 Å². The van der Waals surface area contributed by atoms with Crippen LogP contribution in [0, 0.1) is 0 Å². The first-order chi connectivity index (χ1) is 12.2. The quantitative estimate of drug-likeness (QED) is 0.469. The molecule has 25 heavy (non-hydrogen) atoms. The van der Waals surface area contributed by atoms with Gasteiger partial charge >= 0.3 is 0 Å². The van der Waals surface area contributed by atoms with E-state index in [0.717, 1.165) is 21.6 Å². The number of fused-ring (bicyclic) bond motifs is 1. The van der Waals surface area contributed by atoms with E-state index in [2.05, 4.69) is 24.4 Å². The molecule has 4 aromatic rings. The number of halogens is 1. The van der Waals surface area contributed by atoms with Crippen LogP contribution >= 0.6 is 22.9 Å². The molecule has 1 atom stereocenters. The Hall–Kier alpha value is -2.43. The Labute approximate surface area is 155 Å². The van der Waals surface area contributed by atoms with Gasteiger partial charge in [-0.05, 0) is 42.1 Å². The molecule has 0 bridgehead atoms. The summed E-state index contributed by atoms with van der Waals surface area (Å²) in [6.07, 6.45) is 0. The first kappa shape index (κ1) is 16.1. The van der Waals surface area contributed by atoms with Crippen molar-refractivity contribution in [2.24, 2.45) is 0 Å². The third-order valence-corrected chi connectivity index (χ3v) is 5.15. The van der Waals surface area contributed by atoms with Crippen LogP contribution in [0.5, 0.6) is 0 Å². The average molecular weight is 366 g/mol. The summed E-state index contributed by atoms with van der Waals surface area (Å²) >= 11 is 7.80. The summed E-state index contributed by atoms with van der Waals surface area (Å²) in [6.45, 7) is 2.13. The lowest BCUT2D eigenvalue weighted by molar-refractivity contribution is 0.876. The molecule has 2 aromatic carbocycles. The number of nitrogens with zero attached hydrogens (tertiary/aromatic N) is 2. The van der Waals surface area contributed by atoms with Gasteiger partial charge in [-0.2, -0.15) is 0 Å². The molecule has 5 heteroatoms. The molecule has 3 nitrogen and oxygen atoms in total. The van der Waals surface area contributed by atoms with Crippen molar-refractivity contribution in [3.05, 3.63) is 76.6 Å². The van der Waals surface area contributed by atoms with Crippen LogP contribution in [0.4, 0.5) is 5.82 Å². The predicted octanol–water partition coefficient (Wildman–Crippen LogP) is 6.18. The van der Waals surface area contributed by atoms with Crippen molar-refractivity contribution >= 4 is 39.7 Å². The topological polar surface area (TPSA) is 37.8 Å². The zero-order valence-corrected chi connectivity index (χ0v) is 15.2. The SMILES string of the molecule is C[C@H](Nc1nc(-c2cccs2)nc2cc(Cl)ccc12)c1ccccc1.